The molecule has 0 aromatic heterocycles. The molecule has 0 atom stereocenters. The number of ether oxygens (including phenoxy) is 2. The van der Waals surface area contributed by atoms with E-state index in [9.17, 15) is 13.6 Å². The van der Waals surface area contributed by atoms with Crippen molar-refractivity contribution in [2.45, 2.75) is 32.8 Å². The van der Waals surface area contributed by atoms with Gasteiger partial charge in [0.25, 0.3) is 0 Å². The second kappa shape index (κ2) is 11.8. The summed E-state index contributed by atoms with van der Waals surface area (Å²) in [5.74, 6) is -1.51. The molecule has 1 fully saturated rings. The van der Waals surface area contributed by atoms with Crippen LogP contribution >= 0.6 is 0 Å². The van der Waals surface area contributed by atoms with E-state index in [1.165, 1.54) is 19.4 Å². The maximum Gasteiger partial charge on any atom is 0.312 e. The average molecular weight is 446 g/mol. The Balaban J connectivity index is 2.21. The molecule has 1 aromatic carbocycles. The summed E-state index contributed by atoms with van der Waals surface area (Å²) in [5.41, 5.74) is 2.45. The number of aryl methyl sites for hydroxylation is 1. The van der Waals surface area contributed by atoms with Crippen LogP contribution in [0.4, 0.5) is 14.5 Å². The second-order valence-electron chi connectivity index (χ2n) is 7.50. The van der Waals surface area contributed by atoms with Gasteiger partial charge in [-0.2, -0.15) is 0 Å². The second-order valence-corrected chi connectivity index (χ2v) is 7.50. The molecule has 1 saturated carbocycles. The van der Waals surface area contributed by atoms with Crippen LogP contribution in [0.5, 0.6) is 5.75 Å². The number of benzene rings is 1. The van der Waals surface area contributed by atoms with Crippen molar-refractivity contribution >= 4 is 18.3 Å². The van der Waals surface area contributed by atoms with E-state index < -0.39 is 17.6 Å². The first kappa shape index (κ1) is 24.8. The quantitative estimate of drug-likeness (QED) is 0.157. The van der Waals surface area contributed by atoms with Crippen LogP contribution in [0.3, 0.4) is 0 Å². The number of carbonyl (C=O) groups excluding carboxylic acids is 1. The number of hydrogen-bond donors (Lipinski definition) is 1. The molecular formula is C24H29F2N3O3. The van der Waals surface area contributed by atoms with Crippen LogP contribution in [0.2, 0.25) is 0 Å². The molecule has 0 unspecified atom stereocenters. The van der Waals surface area contributed by atoms with Crippen molar-refractivity contribution in [2.75, 3.05) is 25.6 Å². The third-order valence-electron chi connectivity index (χ3n) is 4.51. The number of anilines is 1. The Labute approximate surface area is 187 Å². The van der Waals surface area contributed by atoms with E-state index in [2.05, 4.69) is 23.6 Å². The lowest BCUT2D eigenvalue weighted by Crippen LogP contribution is -2.27. The van der Waals surface area contributed by atoms with Gasteiger partial charge in [0.15, 0.2) is 0 Å². The minimum Gasteiger partial charge on any atom is -0.490 e. The minimum absolute atomic E-state index is 0.0229. The number of rotatable bonds is 12. The number of methoxy groups -OCH3 is 1. The number of hydrogen-bond acceptors (Lipinski definition) is 5. The van der Waals surface area contributed by atoms with E-state index in [4.69, 9.17) is 9.47 Å². The number of allylic oxidation sites excluding steroid dienone is 4. The molecule has 0 bridgehead atoms. The summed E-state index contributed by atoms with van der Waals surface area (Å²) in [4.78, 5) is 17.0. The van der Waals surface area contributed by atoms with E-state index in [0.29, 0.717) is 11.6 Å². The fraction of sp³-hybridized carbons (Fsp3) is 0.333. The summed E-state index contributed by atoms with van der Waals surface area (Å²) >= 11 is 0. The van der Waals surface area contributed by atoms with Crippen LogP contribution < -0.4 is 10.1 Å². The Morgan fingerprint density at radius 2 is 2.06 bits per heavy atom. The molecule has 2 rings (SSSR count). The van der Waals surface area contributed by atoms with Gasteiger partial charge >= 0.3 is 5.91 Å². The molecule has 1 aromatic rings. The summed E-state index contributed by atoms with van der Waals surface area (Å²) in [6.45, 7) is 10.4. The summed E-state index contributed by atoms with van der Waals surface area (Å²) in [5, 5.41) is 3.30. The molecule has 0 radical (unpaired) electrons. The van der Waals surface area contributed by atoms with Crippen molar-refractivity contribution in [1.29, 1.82) is 0 Å². The Morgan fingerprint density at radius 1 is 1.34 bits per heavy atom. The highest BCUT2D eigenvalue weighted by Gasteiger charge is 2.23. The Morgan fingerprint density at radius 3 is 2.66 bits per heavy atom. The molecule has 172 valence electrons. The number of aliphatic imine (C=N–C) groups is 1. The third-order valence-corrected chi connectivity index (χ3v) is 4.51. The number of nitrogens with zero attached hydrogens (tertiary/aromatic N) is 2. The molecule has 8 heteroatoms. The highest BCUT2D eigenvalue weighted by molar-refractivity contribution is 5.94. The first-order valence-corrected chi connectivity index (χ1v) is 10.1. The summed E-state index contributed by atoms with van der Waals surface area (Å²) in [6, 6.07) is 5.80. The molecule has 0 aliphatic heterocycles. The van der Waals surface area contributed by atoms with Crippen molar-refractivity contribution in [2.24, 2.45) is 4.99 Å². The zero-order valence-corrected chi connectivity index (χ0v) is 18.7. The smallest absolute Gasteiger partial charge is 0.312 e. The van der Waals surface area contributed by atoms with Gasteiger partial charge in [-0.1, -0.05) is 18.2 Å². The largest absolute Gasteiger partial charge is 0.490 e. The van der Waals surface area contributed by atoms with Crippen LogP contribution in [0.15, 0.2) is 71.1 Å². The van der Waals surface area contributed by atoms with Crippen LogP contribution in [0.1, 0.15) is 25.3 Å². The van der Waals surface area contributed by atoms with E-state index in [1.807, 2.05) is 25.1 Å². The molecule has 0 saturated heterocycles. The predicted molar refractivity (Wildman–Crippen MR) is 123 cm³/mol. The number of carbonyl (C=O) groups is 1. The average Bonchev–Trinajstić information content (AvgIpc) is 3.54. The van der Waals surface area contributed by atoms with E-state index in [-0.39, 0.29) is 25.1 Å². The van der Waals surface area contributed by atoms with E-state index in [0.717, 1.165) is 29.8 Å². The summed E-state index contributed by atoms with van der Waals surface area (Å²) in [6.07, 6.45) is 5.77. The van der Waals surface area contributed by atoms with Crippen LogP contribution in [-0.4, -0.2) is 44.0 Å². The van der Waals surface area contributed by atoms with Gasteiger partial charge in [0, 0.05) is 30.6 Å². The molecule has 32 heavy (non-hydrogen) atoms. The highest BCUT2D eigenvalue weighted by atomic mass is 19.1. The zero-order chi connectivity index (χ0) is 23.7. The van der Waals surface area contributed by atoms with Gasteiger partial charge in [0.1, 0.15) is 17.4 Å². The van der Waals surface area contributed by atoms with Crippen molar-refractivity contribution in [3.63, 3.8) is 0 Å². The predicted octanol–water partition coefficient (Wildman–Crippen LogP) is 5.21. The van der Waals surface area contributed by atoms with Crippen LogP contribution in [-0.2, 0) is 9.53 Å². The van der Waals surface area contributed by atoms with Gasteiger partial charge in [-0.15, -0.1) is 0 Å². The van der Waals surface area contributed by atoms with E-state index in [1.54, 1.807) is 11.8 Å². The lowest BCUT2D eigenvalue weighted by atomic mass is 10.2. The van der Waals surface area contributed by atoms with Crippen LogP contribution in [0, 0.1) is 6.92 Å². The third kappa shape index (κ3) is 8.37. The normalized spacial score (nSPS) is 14.6. The highest BCUT2D eigenvalue weighted by Crippen LogP contribution is 2.29. The lowest BCUT2D eigenvalue weighted by molar-refractivity contribution is -0.117. The molecule has 1 amide bonds. The zero-order valence-electron chi connectivity index (χ0n) is 18.7. The number of nitrogens with one attached hydrogen (secondary N) is 1. The monoisotopic (exact) mass is 445 g/mol. The molecular weight excluding hydrogens is 416 g/mol. The molecule has 1 N–H and O–H groups in total. The maximum absolute atomic E-state index is 13.8. The van der Waals surface area contributed by atoms with Gasteiger partial charge in [0.2, 0.25) is 5.76 Å². The van der Waals surface area contributed by atoms with Crippen molar-refractivity contribution < 1.29 is 23.0 Å². The molecule has 1 aliphatic carbocycles. The SMILES string of the molecule is C=NC(=O)/C(=C\N(CNc1cc(OC2CC2)ccc1C)C/C(C)=C/C(F)=C\C(=C)F)OC. The molecule has 6 nitrogen and oxygen atoms in total. The Kier molecular flexibility index (Phi) is 9.19. The summed E-state index contributed by atoms with van der Waals surface area (Å²) in [7, 11) is 1.35. The molecule has 0 spiro atoms. The van der Waals surface area contributed by atoms with Crippen molar-refractivity contribution in [3.8, 4) is 5.75 Å². The van der Waals surface area contributed by atoms with Gasteiger partial charge in [-0.25, -0.2) is 13.8 Å². The lowest BCUT2D eigenvalue weighted by Gasteiger charge is -2.23. The van der Waals surface area contributed by atoms with Crippen molar-refractivity contribution in [3.05, 3.63) is 71.7 Å². The van der Waals surface area contributed by atoms with Crippen LogP contribution in [0.25, 0.3) is 0 Å². The van der Waals surface area contributed by atoms with E-state index >= 15 is 0 Å². The first-order valence-electron chi connectivity index (χ1n) is 10.1. The van der Waals surface area contributed by atoms with Gasteiger partial charge in [0.05, 0.1) is 19.9 Å². The minimum atomic E-state index is -0.877. The molecule has 0 heterocycles. The van der Waals surface area contributed by atoms with Crippen molar-refractivity contribution in [1.82, 2.24) is 4.90 Å². The number of halogens is 2. The van der Waals surface area contributed by atoms with Gasteiger partial charge in [-0.05, 0) is 51.1 Å². The topological polar surface area (TPSA) is 63.2 Å². The number of amides is 1. The fourth-order valence-corrected chi connectivity index (χ4v) is 2.81. The first-order chi connectivity index (χ1) is 15.2. The Hall–Kier alpha value is -3.42. The maximum atomic E-state index is 13.8. The van der Waals surface area contributed by atoms with Gasteiger partial charge in [-0.3, -0.25) is 4.79 Å². The standard InChI is InChI=1S/C24H29F2N3O3/c1-16(10-19(26)11-18(3)25)13-29(14-23(31-5)24(30)27-4)15-28-22-12-21(7-6-17(22)2)32-20-8-9-20/h6-7,10-12,14,20,28H,3-4,8-9,13,15H2,1-2,5H3/b16-10+,19-11+,23-14+. The van der Waals surface area contributed by atoms with Gasteiger partial charge < -0.3 is 19.7 Å². The fourth-order valence-electron chi connectivity index (χ4n) is 2.81. The molecule has 1 aliphatic rings. The Bertz CT molecular complexity index is 950. The summed E-state index contributed by atoms with van der Waals surface area (Å²) < 4.78 is 37.6.